The summed E-state index contributed by atoms with van der Waals surface area (Å²) in [6.45, 7) is 1.56. The summed E-state index contributed by atoms with van der Waals surface area (Å²) in [5.74, 6) is 0.00236. The minimum atomic E-state index is -3.22. The van der Waals surface area contributed by atoms with Crippen molar-refractivity contribution in [1.29, 1.82) is 0 Å². The van der Waals surface area contributed by atoms with E-state index in [-0.39, 0.29) is 5.75 Å². The van der Waals surface area contributed by atoms with Crippen molar-refractivity contribution in [3.05, 3.63) is 47.0 Å². The summed E-state index contributed by atoms with van der Waals surface area (Å²) in [5, 5.41) is 1.10. The normalized spacial score (nSPS) is 12.8. The lowest BCUT2D eigenvalue weighted by atomic mass is 10.2. The third kappa shape index (κ3) is 3.62. The summed E-state index contributed by atoms with van der Waals surface area (Å²) in [6, 6.07) is 9.02. The zero-order chi connectivity index (χ0) is 10.6. The number of allylic oxidation sites excluding steroid dienone is 1. The Morgan fingerprint density at radius 1 is 1.36 bits per heavy atom. The van der Waals surface area contributed by atoms with Crippen LogP contribution in [0.25, 0.3) is 0 Å². The van der Waals surface area contributed by atoms with E-state index in [1.807, 2.05) is 18.2 Å². The average Bonchev–Trinajstić information content (AvgIpc) is 2.02. The van der Waals surface area contributed by atoms with Crippen molar-refractivity contribution in [3.63, 3.8) is 0 Å². The van der Waals surface area contributed by atoms with E-state index < -0.39 is 9.84 Å². The quantitative estimate of drug-likeness (QED) is 0.822. The molecule has 3 nitrogen and oxygen atoms in total. The van der Waals surface area contributed by atoms with Crippen LogP contribution in [-0.2, 0) is 15.6 Å². The second-order valence-electron chi connectivity index (χ2n) is 3.15. The maximum atomic E-state index is 11.5. The number of hydrogen-bond donors (Lipinski definition) is 1. The Balaban J connectivity index is 2.85. The molecule has 76 valence electrons. The second kappa shape index (κ2) is 4.28. The molecule has 2 N–H and O–H groups in total. The van der Waals surface area contributed by atoms with Crippen LogP contribution < -0.4 is 5.73 Å². The molecule has 0 amide bonds. The van der Waals surface area contributed by atoms with Gasteiger partial charge in [-0.2, -0.15) is 0 Å². The molecule has 1 aromatic rings. The van der Waals surface area contributed by atoms with Gasteiger partial charge in [-0.25, -0.2) is 8.42 Å². The van der Waals surface area contributed by atoms with Crippen molar-refractivity contribution in [2.45, 2.75) is 12.7 Å². The van der Waals surface area contributed by atoms with Crippen molar-refractivity contribution >= 4 is 9.84 Å². The van der Waals surface area contributed by atoms with E-state index in [1.54, 1.807) is 19.1 Å². The molecule has 0 aliphatic carbocycles. The van der Waals surface area contributed by atoms with Gasteiger partial charge >= 0.3 is 0 Å². The Kier molecular flexibility index (Phi) is 3.30. The molecule has 0 spiro atoms. The summed E-state index contributed by atoms with van der Waals surface area (Å²) in [7, 11) is -3.22. The summed E-state index contributed by atoms with van der Waals surface area (Å²) in [6.07, 6.45) is 0. The zero-order valence-corrected chi connectivity index (χ0v) is 8.79. The predicted octanol–water partition coefficient (Wildman–Crippen LogP) is 1.42. The second-order valence-corrected chi connectivity index (χ2v) is 5.00. The lowest BCUT2D eigenvalue weighted by Gasteiger charge is -1.99. The zero-order valence-electron chi connectivity index (χ0n) is 7.97. The lowest BCUT2D eigenvalue weighted by molar-refractivity contribution is 0.603. The van der Waals surface area contributed by atoms with Gasteiger partial charge in [0.25, 0.3) is 0 Å². The number of hydrogen-bond acceptors (Lipinski definition) is 3. The first-order valence-corrected chi connectivity index (χ1v) is 5.91. The summed E-state index contributed by atoms with van der Waals surface area (Å²) >= 11 is 0. The summed E-state index contributed by atoms with van der Waals surface area (Å²) < 4.78 is 22.9. The largest absolute Gasteiger partial charge is 0.402 e. The molecule has 0 aromatic heterocycles. The van der Waals surface area contributed by atoms with Crippen molar-refractivity contribution in [2.75, 3.05) is 0 Å². The topological polar surface area (TPSA) is 60.2 Å². The Hall–Kier alpha value is -1.29. The van der Waals surface area contributed by atoms with E-state index in [0.717, 1.165) is 11.0 Å². The molecule has 0 heterocycles. The van der Waals surface area contributed by atoms with Crippen LogP contribution in [0.4, 0.5) is 0 Å². The monoisotopic (exact) mass is 211 g/mol. The maximum absolute atomic E-state index is 11.5. The molecule has 0 bridgehead atoms. The standard InChI is InChI=1S/C10H13NO2S/c1-9(11)7-14(12,13)8-10-5-3-2-4-6-10/h2-7H,8,11H2,1H3/b9-7-. The van der Waals surface area contributed by atoms with E-state index in [9.17, 15) is 8.42 Å². The first-order chi connectivity index (χ1) is 6.49. The Bertz CT molecular complexity index is 417. The van der Waals surface area contributed by atoms with E-state index in [1.165, 1.54) is 0 Å². The van der Waals surface area contributed by atoms with Gasteiger partial charge in [-0.1, -0.05) is 30.3 Å². The molecule has 0 aliphatic rings. The van der Waals surface area contributed by atoms with Gasteiger partial charge in [-0.05, 0) is 12.5 Å². The first-order valence-electron chi connectivity index (χ1n) is 4.20. The minimum Gasteiger partial charge on any atom is -0.402 e. The van der Waals surface area contributed by atoms with Gasteiger partial charge in [0.15, 0.2) is 9.84 Å². The molecule has 0 aliphatic heterocycles. The molecule has 0 saturated heterocycles. The number of rotatable bonds is 3. The van der Waals surface area contributed by atoms with Gasteiger partial charge in [0.2, 0.25) is 0 Å². The van der Waals surface area contributed by atoms with Gasteiger partial charge < -0.3 is 5.73 Å². The van der Waals surface area contributed by atoms with Gasteiger partial charge in [0, 0.05) is 11.1 Å². The van der Waals surface area contributed by atoms with Crippen LogP contribution in [0.15, 0.2) is 41.4 Å². The fourth-order valence-corrected chi connectivity index (χ4v) is 2.44. The van der Waals surface area contributed by atoms with Gasteiger partial charge in [-0.3, -0.25) is 0 Å². The number of sulfone groups is 1. The highest BCUT2D eigenvalue weighted by Crippen LogP contribution is 2.07. The molecular weight excluding hydrogens is 198 g/mol. The van der Waals surface area contributed by atoms with Crippen LogP contribution in [0.2, 0.25) is 0 Å². The molecule has 0 saturated carbocycles. The Labute approximate surface area is 84.2 Å². The fraction of sp³-hybridized carbons (Fsp3) is 0.200. The SMILES string of the molecule is C/C(N)=C/S(=O)(=O)Cc1ccccc1. The highest BCUT2D eigenvalue weighted by Gasteiger charge is 2.07. The van der Waals surface area contributed by atoms with Crippen LogP contribution in [0.5, 0.6) is 0 Å². The van der Waals surface area contributed by atoms with E-state index in [4.69, 9.17) is 5.73 Å². The summed E-state index contributed by atoms with van der Waals surface area (Å²) in [4.78, 5) is 0. The van der Waals surface area contributed by atoms with Crippen LogP contribution in [0.3, 0.4) is 0 Å². The van der Waals surface area contributed by atoms with E-state index in [0.29, 0.717) is 5.70 Å². The van der Waals surface area contributed by atoms with E-state index >= 15 is 0 Å². The molecule has 1 rings (SSSR count). The maximum Gasteiger partial charge on any atom is 0.177 e. The summed E-state index contributed by atoms with van der Waals surface area (Å²) in [5.41, 5.74) is 6.39. The predicted molar refractivity (Wildman–Crippen MR) is 57.0 cm³/mol. The third-order valence-electron chi connectivity index (χ3n) is 1.58. The van der Waals surface area contributed by atoms with Gasteiger partial charge in [-0.15, -0.1) is 0 Å². The highest BCUT2D eigenvalue weighted by molar-refractivity contribution is 7.93. The molecule has 1 aromatic carbocycles. The molecule has 14 heavy (non-hydrogen) atoms. The van der Waals surface area contributed by atoms with Crippen LogP contribution in [0.1, 0.15) is 12.5 Å². The molecule has 0 unspecified atom stereocenters. The molecule has 0 fully saturated rings. The van der Waals surface area contributed by atoms with Crippen LogP contribution in [-0.4, -0.2) is 8.42 Å². The smallest absolute Gasteiger partial charge is 0.177 e. The Morgan fingerprint density at radius 3 is 2.43 bits per heavy atom. The first kappa shape index (κ1) is 10.8. The lowest BCUT2D eigenvalue weighted by Crippen LogP contribution is -2.03. The van der Waals surface area contributed by atoms with Crippen molar-refractivity contribution in [1.82, 2.24) is 0 Å². The van der Waals surface area contributed by atoms with Gasteiger partial charge in [0.1, 0.15) is 0 Å². The molecule has 0 atom stereocenters. The Morgan fingerprint density at radius 2 is 1.93 bits per heavy atom. The van der Waals surface area contributed by atoms with Crippen LogP contribution in [0, 0.1) is 0 Å². The minimum absolute atomic E-state index is 0.00236. The molecular formula is C10H13NO2S. The third-order valence-corrected chi connectivity index (χ3v) is 3.04. The highest BCUT2D eigenvalue weighted by atomic mass is 32.2. The number of nitrogens with two attached hydrogens (primary N) is 1. The van der Waals surface area contributed by atoms with E-state index in [2.05, 4.69) is 0 Å². The van der Waals surface area contributed by atoms with Crippen molar-refractivity contribution in [3.8, 4) is 0 Å². The van der Waals surface area contributed by atoms with Crippen molar-refractivity contribution in [2.24, 2.45) is 5.73 Å². The van der Waals surface area contributed by atoms with Crippen LogP contribution >= 0.6 is 0 Å². The van der Waals surface area contributed by atoms with Gasteiger partial charge in [0.05, 0.1) is 5.75 Å². The van der Waals surface area contributed by atoms with Crippen molar-refractivity contribution < 1.29 is 8.42 Å². The molecule has 4 heteroatoms. The average molecular weight is 211 g/mol. The fourth-order valence-electron chi connectivity index (χ4n) is 1.13. The number of benzene rings is 1. The molecule has 0 radical (unpaired) electrons.